The van der Waals surface area contributed by atoms with Gasteiger partial charge < -0.3 is 9.84 Å². The minimum Gasteiger partial charge on any atom is -0.489 e. The Bertz CT molecular complexity index is 504. The first-order chi connectivity index (χ1) is 8.67. The molecule has 18 heavy (non-hydrogen) atoms. The van der Waals surface area contributed by atoms with Gasteiger partial charge in [-0.3, -0.25) is 0 Å². The molecular weight excluding hydrogens is 271 g/mol. The Hall–Kier alpha value is -1.22. The Morgan fingerprint density at radius 2 is 1.44 bits per heavy atom. The van der Waals surface area contributed by atoms with Crippen LogP contribution in [0.5, 0.6) is 5.75 Å². The van der Waals surface area contributed by atoms with Crippen molar-refractivity contribution in [1.29, 1.82) is 0 Å². The van der Waals surface area contributed by atoms with E-state index in [1.165, 1.54) is 0 Å². The molecular formula is C14H12Cl2O2. The van der Waals surface area contributed by atoms with Crippen molar-refractivity contribution in [3.8, 4) is 5.75 Å². The molecule has 4 heteroatoms. The van der Waals surface area contributed by atoms with E-state index < -0.39 is 0 Å². The van der Waals surface area contributed by atoms with E-state index in [9.17, 15) is 0 Å². The number of ether oxygens (including phenoxy) is 1. The van der Waals surface area contributed by atoms with Gasteiger partial charge in [-0.05, 0) is 29.3 Å². The van der Waals surface area contributed by atoms with Crippen LogP contribution in [0.4, 0.5) is 0 Å². The van der Waals surface area contributed by atoms with Gasteiger partial charge in [0, 0.05) is 10.0 Å². The fourth-order valence-corrected chi connectivity index (χ4v) is 2.03. The predicted octanol–water partition coefficient (Wildman–Crippen LogP) is 4.06. The first kappa shape index (κ1) is 13.2. The van der Waals surface area contributed by atoms with E-state index in [4.69, 9.17) is 33.0 Å². The van der Waals surface area contributed by atoms with Crippen molar-refractivity contribution in [3.05, 3.63) is 63.6 Å². The molecule has 0 aliphatic rings. The van der Waals surface area contributed by atoms with Crippen molar-refractivity contribution in [2.75, 3.05) is 0 Å². The van der Waals surface area contributed by atoms with Gasteiger partial charge in [0.1, 0.15) is 12.4 Å². The van der Waals surface area contributed by atoms with Gasteiger partial charge in [-0.15, -0.1) is 0 Å². The molecule has 2 aromatic rings. The maximum Gasteiger partial charge on any atom is 0.122 e. The van der Waals surface area contributed by atoms with Crippen LogP contribution in [-0.2, 0) is 13.2 Å². The lowest BCUT2D eigenvalue weighted by molar-refractivity contribution is 0.281. The smallest absolute Gasteiger partial charge is 0.122 e. The number of hydrogen-bond acceptors (Lipinski definition) is 2. The average Bonchev–Trinajstić information content (AvgIpc) is 2.36. The van der Waals surface area contributed by atoms with Crippen LogP contribution in [0.1, 0.15) is 11.1 Å². The first-order valence-electron chi connectivity index (χ1n) is 5.45. The highest BCUT2D eigenvalue weighted by Gasteiger charge is 2.00. The zero-order chi connectivity index (χ0) is 13.0. The van der Waals surface area contributed by atoms with Crippen molar-refractivity contribution >= 4 is 23.2 Å². The van der Waals surface area contributed by atoms with Crippen LogP contribution in [0, 0.1) is 0 Å². The minimum absolute atomic E-state index is 0.0467. The molecule has 0 amide bonds. The summed E-state index contributed by atoms with van der Waals surface area (Å²) in [6.07, 6.45) is 0. The summed E-state index contributed by atoms with van der Waals surface area (Å²) in [6, 6.07) is 12.7. The van der Waals surface area contributed by atoms with Crippen LogP contribution in [0.2, 0.25) is 10.0 Å². The highest BCUT2D eigenvalue weighted by molar-refractivity contribution is 6.34. The van der Waals surface area contributed by atoms with Crippen LogP contribution in [0.3, 0.4) is 0 Å². The maximum atomic E-state index is 8.94. The summed E-state index contributed by atoms with van der Waals surface area (Å²) in [6.45, 7) is 0.480. The summed E-state index contributed by atoms with van der Waals surface area (Å²) < 4.78 is 5.60. The zero-order valence-electron chi connectivity index (χ0n) is 9.57. The second-order valence-corrected chi connectivity index (χ2v) is 4.74. The number of hydrogen-bond donors (Lipinski definition) is 1. The van der Waals surface area contributed by atoms with Crippen LogP contribution >= 0.6 is 23.2 Å². The lowest BCUT2D eigenvalue weighted by Gasteiger charge is -2.07. The largest absolute Gasteiger partial charge is 0.489 e. The van der Waals surface area contributed by atoms with Gasteiger partial charge in [0.2, 0.25) is 0 Å². The Labute approximate surface area is 116 Å². The van der Waals surface area contributed by atoms with E-state index in [-0.39, 0.29) is 6.61 Å². The van der Waals surface area contributed by atoms with Gasteiger partial charge in [0.15, 0.2) is 0 Å². The molecule has 0 bridgehead atoms. The summed E-state index contributed by atoms with van der Waals surface area (Å²) in [5.74, 6) is 0.638. The average molecular weight is 283 g/mol. The molecule has 0 saturated heterocycles. The van der Waals surface area contributed by atoms with Crippen molar-refractivity contribution in [2.45, 2.75) is 13.2 Å². The Morgan fingerprint density at radius 3 is 2.00 bits per heavy atom. The summed E-state index contributed by atoms with van der Waals surface area (Å²) in [7, 11) is 0. The standard InChI is InChI=1S/C14H12Cl2O2/c15-12-5-13(16)7-14(6-12)18-9-11-3-1-10(8-17)2-4-11/h1-7,17H,8-9H2. The Kier molecular flexibility index (Phi) is 4.48. The minimum atomic E-state index is 0.0467. The number of aliphatic hydroxyl groups is 1. The summed E-state index contributed by atoms with van der Waals surface area (Å²) in [5, 5.41) is 10.0. The molecule has 2 nitrogen and oxygen atoms in total. The molecule has 0 aliphatic heterocycles. The molecule has 0 unspecified atom stereocenters. The van der Waals surface area contributed by atoms with Gasteiger partial charge in [0.25, 0.3) is 0 Å². The van der Waals surface area contributed by atoms with E-state index in [1.54, 1.807) is 18.2 Å². The van der Waals surface area contributed by atoms with Crippen LogP contribution in [0.25, 0.3) is 0 Å². The lowest BCUT2D eigenvalue weighted by Crippen LogP contribution is -1.95. The number of halogens is 2. The molecule has 0 heterocycles. The molecule has 0 aliphatic carbocycles. The third-order valence-electron chi connectivity index (χ3n) is 2.45. The Balaban J connectivity index is 2.01. The maximum absolute atomic E-state index is 8.94. The second kappa shape index (κ2) is 6.10. The Morgan fingerprint density at radius 1 is 0.889 bits per heavy atom. The van der Waals surface area contributed by atoms with E-state index in [2.05, 4.69) is 0 Å². The van der Waals surface area contributed by atoms with E-state index in [1.807, 2.05) is 24.3 Å². The topological polar surface area (TPSA) is 29.5 Å². The summed E-state index contributed by atoms with van der Waals surface area (Å²) >= 11 is 11.8. The molecule has 0 spiro atoms. The first-order valence-corrected chi connectivity index (χ1v) is 6.20. The molecule has 0 aromatic heterocycles. The van der Waals surface area contributed by atoms with Gasteiger partial charge in [-0.2, -0.15) is 0 Å². The highest BCUT2D eigenvalue weighted by atomic mass is 35.5. The summed E-state index contributed by atoms with van der Waals surface area (Å²) in [4.78, 5) is 0. The highest BCUT2D eigenvalue weighted by Crippen LogP contribution is 2.24. The van der Waals surface area contributed by atoms with Gasteiger partial charge >= 0.3 is 0 Å². The lowest BCUT2D eigenvalue weighted by atomic mass is 10.1. The van der Waals surface area contributed by atoms with Crippen molar-refractivity contribution in [3.63, 3.8) is 0 Å². The molecule has 0 atom stereocenters. The van der Waals surface area contributed by atoms with Crippen molar-refractivity contribution < 1.29 is 9.84 Å². The van der Waals surface area contributed by atoms with Crippen molar-refractivity contribution in [2.24, 2.45) is 0 Å². The monoisotopic (exact) mass is 282 g/mol. The number of rotatable bonds is 4. The molecule has 94 valence electrons. The van der Waals surface area contributed by atoms with E-state index in [0.717, 1.165) is 11.1 Å². The zero-order valence-corrected chi connectivity index (χ0v) is 11.1. The van der Waals surface area contributed by atoms with Crippen LogP contribution in [0.15, 0.2) is 42.5 Å². The van der Waals surface area contributed by atoms with Gasteiger partial charge in [-0.25, -0.2) is 0 Å². The molecule has 0 fully saturated rings. The van der Waals surface area contributed by atoms with Crippen LogP contribution in [-0.4, -0.2) is 5.11 Å². The van der Waals surface area contributed by atoms with E-state index in [0.29, 0.717) is 22.4 Å². The van der Waals surface area contributed by atoms with E-state index >= 15 is 0 Å². The molecule has 2 rings (SSSR count). The quantitative estimate of drug-likeness (QED) is 0.916. The third kappa shape index (κ3) is 3.64. The molecule has 0 saturated carbocycles. The molecule has 1 N–H and O–H groups in total. The van der Waals surface area contributed by atoms with Crippen LogP contribution < -0.4 is 4.74 Å². The second-order valence-electron chi connectivity index (χ2n) is 3.87. The SMILES string of the molecule is OCc1ccc(COc2cc(Cl)cc(Cl)c2)cc1. The fourth-order valence-electron chi connectivity index (χ4n) is 1.52. The normalized spacial score (nSPS) is 10.4. The summed E-state index contributed by atoms with van der Waals surface area (Å²) in [5.41, 5.74) is 1.90. The van der Waals surface area contributed by atoms with Crippen molar-refractivity contribution in [1.82, 2.24) is 0 Å². The number of benzene rings is 2. The molecule has 2 aromatic carbocycles. The third-order valence-corrected chi connectivity index (χ3v) is 2.88. The molecule has 0 radical (unpaired) electrons. The fraction of sp³-hybridized carbons (Fsp3) is 0.143. The van der Waals surface area contributed by atoms with Gasteiger partial charge in [-0.1, -0.05) is 47.5 Å². The number of aliphatic hydroxyl groups excluding tert-OH is 1. The van der Waals surface area contributed by atoms with Gasteiger partial charge in [0.05, 0.1) is 6.61 Å². The predicted molar refractivity (Wildman–Crippen MR) is 73.2 cm³/mol.